The molecule has 0 radical (unpaired) electrons. The monoisotopic (exact) mass is 307 g/mol. The van der Waals surface area contributed by atoms with Gasteiger partial charge in [0, 0.05) is 11.4 Å². The third kappa shape index (κ3) is 3.47. The normalized spacial score (nSPS) is 12.6. The lowest BCUT2D eigenvalue weighted by atomic mass is 10.1. The van der Waals surface area contributed by atoms with Crippen molar-refractivity contribution in [1.82, 2.24) is 15.1 Å². The third-order valence-electron chi connectivity index (χ3n) is 3.54. The smallest absolute Gasteiger partial charge is 0.161 e. The standard InChI is InChI=1S/C16H25N3OS/c1-5-8-17-14(16-12(3)7-10-21-16)15-13(20-4)11-18-19(15)9-6-2/h7,10-11,14,17H,5-6,8-9H2,1-4H3. The Morgan fingerprint density at radius 3 is 2.76 bits per heavy atom. The van der Waals surface area contributed by atoms with Gasteiger partial charge in [-0.1, -0.05) is 13.8 Å². The molecule has 2 aromatic rings. The van der Waals surface area contributed by atoms with Gasteiger partial charge in [0.1, 0.15) is 5.69 Å². The first-order chi connectivity index (χ1) is 10.2. The summed E-state index contributed by atoms with van der Waals surface area (Å²) in [6.07, 6.45) is 3.99. The first-order valence-corrected chi connectivity index (χ1v) is 8.47. The van der Waals surface area contributed by atoms with Gasteiger partial charge in [-0.25, -0.2) is 0 Å². The van der Waals surface area contributed by atoms with Crippen LogP contribution in [-0.2, 0) is 6.54 Å². The van der Waals surface area contributed by atoms with Crippen molar-refractivity contribution in [2.45, 2.75) is 46.2 Å². The molecule has 0 aliphatic heterocycles. The summed E-state index contributed by atoms with van der Waals surface area (Å²) in [5.41, 5.74) is 2.46. The molecule has 1 atom stereocenters. The van der Waals surface area contributed by atoms with Gasteiger partial charge in [0.2, 0.25) is 0 Å². The van der Waals surface area contributed by atoms with E-state index in [1.54, 1.807) is 18.4 Å². The van der Waals surface area contributed by atoms with Gasteiger partial charge in [0.25, 0.3) is 0 Å². The maximum absolute atomic E-state index is 5.55. The van der Waals surface area contributed by atoms with Crippen LogP contribution in [0, 0.1) is 6.92 Å². The lowest BCUT2D eigenvalue weighted by Crippen LogP contribution is -2.26. The van der Waals surface area contributed by atoms with Gasteiger partial charge in [-0.3, -0.25) is 4.68 Å². The molecule has 1 unspecified atom stereocenters. The van der Waals surface area contributed by atoms with Gasteiger partial charge in [0.15, 0.2) is 5.75 Å². The molecule has 0 saturated carbocycles. The molecule has 0 aliphatic rings. The Labute approximate surface area is 131 Å². The average Bonchev–Trinajstić information content (AvgIpc) is 3.08. The predicted molar refractivity (Wildman–Crippen MR) is 88.3 cm³/mol. The molecule has 116 valence electrons. The maximum Gasteiger partial charge on any atom is 0.161 e. The van der Waals surface area contributed by atoms with Crippen molar-refractivity contribution in [2.75, 3.05) is 13.7 Å². The number of nitrogens with one attached hydrogen (secondary N) is 1. The molecule has 0 amide bonds. The van der Waals surface area contributed by atoms with Crippen LogP contribution in [0.1, 0.15) is 48.9 Å². The predicted octanol–water partition coefficient (Wildman–Crippen LogP) is 3.76. The number of hydrogen-bond donors (Lipinski definition) is 1. The van der Waals surface area contributed by atoms with Gasteiger partial charge in [0.05, 0.1) is 19.3 Å². The Hall–Kier alpha value is -1.33. The quantitative estimate of drug-likeness (QED) is 0.807. The molecule has 2 heterocycles. The number of hydrogen-bond acceptors (Lipinski definition) is 4. The van der Waals surface area contributed by atoms with Crippen molar-refractivity contribution in [2.24, 2.45) is 0 Å². The fourth-order valence-corrected chi connectivity index (χ4v) is 3.50. The fourth-order valence-electron chi connectivity index (χ4n) is 2.50. The van der Waals surface area contributed by atoms with E-state index in [1.165, 1.54) is 10.4 Å². The molecule has 0 aliphatic carbocycles. The SMILES string of the molecule is CCCNC(c1sccc1C)c1c(OC)cnn1CCC. The van der Waals surface area contributed by atoms with Gasteiger partial charge in [-0.2, -0.15) is 5.10 Å². The largest absolute Gasteiger partial charge is 0.493 e. The number of aryl methyl sites for hydroxylation is 2. The summed E-state index contributed by atoms with van der Waals surface area (Å²) in [5.74, 6) is 0.866. The number of aromatic nitrogens is 2. The zero-order valence-corrected chi connectivity index (χ0v) is 14.2. The highest BCUT2D eigenvalue weighted by atomic mass is 32.1. The first-order valence-electron chi connectivity index (χ1n) is 7.59. The molecular weight excluding hydrogens is 282 g/mol. The van der Waals surface area contributed by atoms with Gasteiger partial charge >= 0.3 is 0 Å². The highest BCUT2D eigenvalue weighted by Crippen LogP contribution is 2.34. The Morgan fingerprint density at radius 1 is 1.38 bits per heavy atom. The Kier molecular flexibility index (Phi) is 5.82. The van der Waals surface area contributed by atoms with Crippen molar-refractivity contribution in [3.8, 4) is 5.75 Å². The lowest BCUT2D eigenvalue weighted by Gasteiger charge is -2.21. The van der Waals surface area contributed by atoms with Crippen molar-refractivity contribution in [3.05, 3.63) is 33.8 Å². The van der Waals surface area contributed by atoms with Crippen LogP contribution in [0.15, 0.2) is 17.6 Å². The average molecular weight is 307 g/mol. The van der Waals surface area contributed by atoms with E-state index >= 15 is 0 Å². The molecule has 2 rings (SSSR count). The minimum absolute atomic E-state index is 0.147. The second-order valence-corrected chi connectivity index (χ2v) is 6.12. The molecule has 21 heavy (non-hydrogen) atoms. The minimum Gasteiger partial charge on any atom is -0.493 e. The number of thiophene rings is 1. The van der Waals surface area contributed by atoms with Gasteiger partial charge < -0.3 is 10.1 Å². The van der Waals surface area contributed by atoms with Crippen molar-refractivity contribution < 1.29 is 4.74 Å². The van der Waals surface area contributed by atoms with Crippen LogP contribution in [0.25, 0.3) is 0 Å². The third-order valence-corrected chi connectivity index (χ3v) is 4.62. The summed E-state index contributed by atoms with van der Waals surface area (Å²) in [5, 5.41) is 10.3. The molecule has 0 bridgehead atoms. The summed E-state index contributed by atoms with van der Waals surface area (Å²) < 4.78 is 7.63. The molecule has 0 spiro atoms. The molecule has 2 aromatic heterocycles. The molecule has 0 fully saturated rings. The zero-order chi connectivity index (χ0) is 15.2. The van der Waals surface area contributed by atoms with Crippen LogP contribution in [0.5, 0.6) is 5.75 Å². The molecule has 5 heteroatoms. The van der Waals surface area contributed by atoms with Crippen LogP contribution in [0.4, 0.5) is 0 Å². The Bertz CT molecular complexity index is 562. The second-order valence-electron chi connectivity index (χ2n) is 5.18. The van der Waals surface area contributed by atoms with E-state index in [4.69, 9.17) is 4.74 Å². The van der Waals surface area contributed by atoms with E-state index < -0.39 is 0 Å². The van der Waals surface area contributed by atoms with Crippen LogP contribution in [-0.4, -0.2) is 23.4 Å². The number of ether oxygens (including phenoxy) is 1. The summed E-state index contributed by atoms with van der Waals surface area (Å²) >= 11 is 1.79. The van der Waals surface area contributed by atoms with Crippen molar-refractivity contribution in [3.63, 3.8) is 0 Å². The highest BCUT2D eigenvalue weighted by Gasteiger charge is 2.25. The summed E-state index contributed by atoms with van der Waals surface area (Å²) in [7, 11) is 1.72. The molecule has 0 aromatic carbocycles. The van der Waals surface area contributed by atoms with Gasteiger partial charge in [-0.15, -0.1) is 11.3 Å². The van der Waals surface area contributed by atoms with Crippen LogP contribution in [0.2, 0.25) is 0 Å². The fraction of sp³-hybridized carbons (Fsp3) is 0.562. The molecule has 4 nitrogen and oxygen atoms in total. The van der Waals surface area contributed by atoms with E-state index in [9.17, 15) is 0 Å². The van der Waals surface area contributed by atoms with Crippen LogP contribution < -0.4 is 10.1 Å². The van der Waals surface area contributed by atoms with E-state index in [1.807, 2.05) is 6.20 Å². The van der Waals surface area contributed by atoms with E-state index in [-0.39, 0.29) is 6.04 Å². The van der Waals surface area contributed by atoms with E-state index in [0.29, 0.717) is 0 Å². The molecule has 0 saturated heterocycles. The summed E-state index contributed by atoms with van der Waals surface area (Å²) in [6.45, 7) is 8.41. The minimum atomic E-state index is 0.147. The molecular formula is C16H25N3OS. The maximum atomic E-state index is 5.55. The summed E-state index contributed by atoms with van der Waals surface area (Å²) in [6, 6.07) is 2.32. The Balaban J connectivity index is 2.45. The number of rotatable bonds is 8. The lowest BCUT2D eigenvalue weighted by molar-refractivity contribution is 0.398. The van der Waals surface area contributed by atoms with E-state index in [2.05, 4.69) is 47.3 Å². The summed E-state index contributed by atoms with van der Waals surface area (Å²) in [4.78, 5) is 1.35. The number of methoxy groups -OCH3 is 1. The van der Waals surface area contributed by atoms with Gasteiger partial charge in [-0.05, 0) is 43.3 Å². The Morgan fingerprint density at radius 2 is 2.19 bits per heavy atom. The second kappa shape index (κ2) is 7.61. The topological polar surface area (TPSA) is 39.1 Å². The zero-order valence-electron chi connectivity index (χ0n) is 13.3. The highest BCUT2D eigenvalue weighted by molar-refractivity contribution is 7.10. The van der Waals surface area contributed by atoms with Crippen molar-refractivity contribution >= 4 is 11.3 Å². The van der Waals surface area contributed by atoms with Crippen LogP contribution >= 0.6 is 11.3 Å². The number of nitrogens with zero attached hydrogens (tertiary/aromatic N) is 2. The molecule has 1 N–H and O–H groups in total. The van der Waals surface area contributed by atoms with Crippen LogP contribution in [0.3, 0.4) is 0 Å². The first kappa shape index (κ1) is 16.0. The van der Waals surface area contributed by atoms with Crippen molar-refractivity contribution in [1.29, 1.82) is 0 Å². The van der Waals surface area contributed by atoms with E-state index in [0.717, 1.165) is 37.4 Å².